The van der Waals surface area contributed by atoms with Gasteiger partial charge in [-0.05, 0) is 98.2 Å². The second kappa shape index (κ2) is 9.10. The summed E-state index contributed by atoms with van der Waals surface area (Å²) in [5.74, 6) is 4.49. The number of hydrogen-bond donors (Lipinski definition) is 0. The molecule has 4 saturated carbocycles. The van der Waals surface area contributed by atoms with Crippen molar-refractivity contribution in [1.29, 1.82) is 0 Å². The molecule has 4 rings (SSSR count). The first-order valence-corrected chi connectivity index (χ1v) is 12.5. The highest BCUT2D eigenvalue weighted by Crippen LogP contribution is 2.67. The summed E-state index contributed by atoms with van der Waals surface area (Å²) < 4.78 is 4.82. The van der Waals surface area contributed by atoms with Crippen LogP contribution in [0.1, 0.15) is 105 Å². The second-order valence-corrected chi connectivity index (χ2v) is 10.7. The molecule has 0 amide bonds. The molecule has 29 heavy (non-hydrogen) atoms. The van der Waals surface area contributed by atoms with Gasteiger partial charge in [0.15, 0.2) is 0 Å². The van der Waals surface area contributed by atoms with Crippen molar-refractivity contribution >= 4 is 11.8 Å². The summed E-state index contributed by atoms with van der Waals surface area (Å²) in [5.41, 5.74) is 0.895. The van der Waals surface area contributed by atoms with Gasteiger partial charge >= 0.3 is 5.97 Å². The molecule has 0 spiro atoms. The van der Waals surface area contributed by atoms with Crippen LogP contribution in [0.25, 0.3) is 0 Å². The molecule has 0 saturated heterocycles. The summed E-state index contributed by atoms with van der Waals surface area (Å²) in [6.07, 6.45) is 13.7. The van der Waals surface area contributed by atoms with Crippen LogP contribution in [-0.4, -0.2) is 18.9 Å². The SMILES string of the molecule is CC.COC(=O)CCCC1CCC2C3CCC4CC(=O)CCC4(C)C3CCC12C. The van der Waals surface area contributed by atoms with E-state index in [1.807, 2.05) is 13.8 Å². The van der Waals surface area contributed by atoms with Gasteiger partial charge in [0.2, 0.25) is 0 Å². The fourth-order valence-electron chi connectivity index (χ4n) is 8.22. The number of hydrogen-bond acceptors (Lipinski definition) is 3. The maximum atomic E-state index is 12.0. The Morgan fingerprint density at radius 3 is 2.45 bits per heavy atom. The summed E-state index contributed by atoms with van der Waals surface area (Å²) in [7, 11) is 1.49. The van der Waals surface area contributed by atoms with Crippen molar-refractivity contribution in [3.63, 3.8) is 0 Å². The van der Waals surface area contributed by atoms with E-state index >= 15 is 0 Å². The molecular formula is C26H44O3. The standard InChI is InChI=1S/C24H38O3.C2H6/c1-23-14-12-21-19(9-7-17-15-18(25)11-13-24(17,21)2)20(23)10-8-16(23)5-4-6-22(26)27-3;1-2/h16-17,19-21H,4-15H2,1-3H3;1-2H3. The lowest BCUT2D eigenvalue weighted by atomic mass is 9.44. The maximum Gasteiger partial charge on any atom is 0.305 e. The van der Waals surface area contributed by atoms with Gasteiger partial charge in [0.1, 0.15) is 5.78 Å². The fraction of sp³-hybridized carbons (Fsp3) is 0.923. The van der Waals surface area contributed by atoms with Gasteiger partial charge in [-0.2, -0.15) is 0 Å². The van der Waals surface area contributed by atoms with Crippen LogP contribution in [0.4, 0.5) is 0 Å². The Hall–Kier alpha value is -0.860. The third-order valence-electron chi connectivity index (χ3n) is 9.84. The quantitative estimate of drug-likeness (QED) is 0.497. The number of ketones is 1. The number of carbonyl (C=O) groups is 2. The first-order chi connectivity index (χ1) is 13.9. The van der Waals surface area contributed by atoms with Crippen molar-refractivity contribution < 1.29 is 14.3 Å². The van der Waals surface area contributed by atoms with Crippen molar-refractivity contribution in [2.45, 2.75) is 105 Å². The van der Waals surface area contributed by atoms with E-state index in [-0.39, 0.29) is 5.97 Å². The normalized spacial score (nSPS) is 43.3. The zero-order chi connectivity index (χ0) is 21.2. The van der Waals surface area contributed by atoms with E-state index in [4.69, 9.17) is 4.74 Å². The summed E-state index contributed by atoms with van der Waals surface area (Å²) in [4.78, 5) is 23.5. The highest BCUT2D eigenvalue weighted by Gasteiger charge is 2.59. The second-order valence-electron chi connectivity index (χ2n) is 10.7. The molecule has 0 N–H and O–H groups in total. The average Bonchev–Trinajstić information content (AvgIpc) is 3.06. The fourth-order valence-corrected chi connectivity index (χ4v) is 8.22. The average molecular weight is 405 g/mol. The molecule has 166 valence electrons. The molecule has 7 atom stereocenters. The van der Waals surface area contributed by atoms with Crippen molar-refractivity contribution in [3.05, 3.63) is 0 Å². The molecule has 0 bridgehead atoms. The van der Waals surface area contributed by atoms with Gasteiger partial charge in [0.25, 0.3) is 0 Å². The molecule has 0 aromatic rings. The first kappa shape index (κ1) is 22.8. The summed E-state index contributed by atoms with van der Waals surface area (Å²) in [5, 5.41) is 0. The monoisotopic (exact) mass is 404 g/mol. The predicted molar refractivity (Wildman–Crippen MR) is 117 cm³/mol. The molecule has 0 heterocycles. The summed E-state index contributed by atoms with van der Waals surface area (Å²) in [6.45, 7) is 9.11. The van der Waals surface area contributed by atoms with Crippen molar-refractivity contribution in [2.75, 3.05) is 7.11 Å². The molecule has 0 aliphatic heterocycles. The zero-order valence-corrected chi connectivity index (χ0v) is 19.6. The third kappa shape index (κ3) is 4.04. The molecule has 4 aliphatic rings. The molecule has 3 heteroatoms. The van der Waals surface area contributed by atoms with Crippen LogP contribution in [0.2, 0.25) is 0 Å². The molecule has 3 nitrogen and oxygen atoms in total. The minimum Gasteiger partial charge on any atom is -0.469 e. The van der Waals surface area contributed by atoms with E-state index in [0.29, 0.717) is 29.0 Å². The van der Waals surface area contributed by atoms with Crippen LogP contribution in [-0.2, 0) is 14.3 Å². The number of carbonyl (C=O) groups excluding carboxylic acids is 2. The Labute approximate surface area is 178 Å². The van der Waals surface area contributed by atoms with Gasteiger partial charge in [0.05, 0.1) is 7.11 Å². The van der Waals surface area contributed by atoms with Crippen molar-refractivity contribution in [2.24, 2.45) is 40.4 Å². The molecule has 0 aromatic carbocycles. The topological polar surface area (TPSA) is 43.4 Å². The number of esters is 1. The highest BCUT2D eigenvalue weighted by molar-refractivity contribution is 5.79. The van der Waals surface area contributed by atoms with Crippen LogP contribution in [0.5, 0.6) is 0 Å². The Bertz CT molecular complexity index is 599. The Balaban J connectivity index is 0.00000117. The number of Topliss-reactive ketones (excluding diaryl/α,β-unsaturated/α-hetero) is 1. The molecule has 4 fully saturated rings. The van der Waals surface area contributed by atoms with Gasteiger partial charge in [-0.25, -0.2) is 0 Å². The Morgan fingerprint density at radius 2 is 1.72 bits per heavy atom. The lowest BCUT2D eigenvalue weighted by molar-refractivity contribution is -0.141. The van der Waals surface area contributed by atoms with Crippen LogP contribution in [0.15, 0.2) is 0 Å². The van der Waals surface area contributed by atoms with E-state index in [1.54, 1.807) is 0 Å². The zero-order valence-electron chi connectivity index (χ0n) is 19.6. The minimum atomic E-state index is -0.0588. The molecule has 4 aliphatic carbocycles. The lowest BCUT2D eigenvalue weighted by Crippen LogP contribution is -2.53. The van der Waals surface area contributed by atoms with Crippen LogP contribution >= 0.6 is 0 Å². The van der Waals surface area contributed by atoms with Gasteiger partial charge in [0, 0.05) is 19.3 Å². The summed E-state index contributed by atoms with van der Waals surface area (Å²) in [6, 6.07) is 0. The highest BCUT2D eigenvalue weighted by atomic mass is 16.5. The van der Waals surface area contributed by atoms with E-state index < -0.39 is 0 Å². The lowest BCUT2D eigenvalue weighted by Gasteiger charge is -2.60. The molecule has 0 aromatic heterocycles. The van der Waals surface area contributed by atoms with Gasteiger partial charge in [-0.1, -0.05) is 27.7 Å². The van der Waals surface area contributed by atoms with Gasteiger partial charge in [-0.3, -0.25) is 9.59 Å². The largest absolute Gasteiger partial charge is 0.469 e. The van der Waals surface area contributed by atoms with Crippen LogP contribution in [0, 0.1) is 40.4 Å². The minimum absolute atomic E-state index is 0.0588. The van der Waals surface area contributed by atoms with Crippen molar-refractivity contribution in [1.82, 2.24) is 0 Å². The van der Waals surface area contributed by atoms with E-state index in [0.717, 1.165) is 49.4 Å². The Morgan fingerprint density at radius 1 is 1.00 bits per heavy atom. The van der Waals surface area contributed by atoms with Crippen LogP contribution in [0.3, 0.4) is 0 Å². The van der Waals surface area contributed by atoms with Crippen LogP contribution < -0.4 is 0 Å². The number of fused-ring (bicyclic) bond motifs is 5. The maximum absolute atomic E-state index is 12.0. The number of ether oxygens (including phenoxy) is 1. The van der Waals surface area contributed by atoms with Gasteiger partial charge < -0.3 is 4.74 Å². The number of rotatable bonds is 4. The smallest absolute Gasteiger partial charge is 0.305 e. The Kier molecular flexibility index (Phi) is 7.16. The predicted octanol–water partition coefficient (Wildman–Crippen LogP) is 6.58. The van der Waals surface area contributed by atoms with E-state index in [2.05, 4.69) is 13.8 Å². The molecule has 0 radical (unpaired) electrons. The molecule has 7 unspecified atom stereocenters. The third-order valence-corrected chi connectivity index (χ3v) is 9.84. The van der Waals surface area contributed by atoms with E-state index in [1.165, 1.54) is 52.1 Å². The first-order valence-electron chi connectivity index (χ1n) is 12.5. The van der Waals surface area contributed by atoms with Gasteiger partial charge in [-0.15, -0.1) is 0 Å². The molecular weight excluding hydrogens is 360 g/mol. The van der Waals surface area contributed by atoms with Crippen molar-refractivity contribution in [3.8, 4) is 0 Å². The summed E-state index contributed by atoms with van der Waals surface area (Å²) >= 11 is 0. The van der Waals surface area contributed by atoms with E-state index in [9.17, 15) is 9.59 Å². The number of methoxy groups -OCH3 is 1.